The van der Waals surface area contributed by atoms with E-state index in [0.29, 0.717) is 0 Å². The van der Waals surface area contributed by atoms with Gasteiger partial charge in [-0.05, 0) is 40.8 Å². The van der Waals surface area contributed by atoms with E-state index in [9.17, 15) is 5.11 Å². The molecule has 0 radical (unpaired) electrons. The van der Waals surface area contributed by atoms with Crippen LogP contribution >= 0.6 is 0 Å². The molecule has 0 aliphatic carbocycles. The van der Waals surface area contributed by atoms with Crippen molar-refractivity contribution in [1.29, 1.82) is 0 Å². The summed E-state index contributed by atoms with van der Waals surface area (Å²) in [5, 5.41) is 13.0. The molecular formula is C17H30N2O2. The normalized spacial score (nSPS) is 15.0. The average molecular weight is 294 g/mol. The summed E-state index contributed by atoms with van der Waals surface area (Å²) in [6, 6.07) is 8.34. The van der Waals surface area contributed by atoms with Crippen LogP contribution in [0.1, 0.15) is 39.3 Å². The Labute approximate surface area is 129 Å². The number of aliphatic hydroxyl groups excluding tert-OH is 1. The molecule has 1 aromatic rings. The van der Waals surface area contributed by atoms with Crippen LogP contribution < -0.4 is 10.1 Å². The lowest BCUT2D eigenvalue weighted by molar-refractivity contribution is 0.156. The second kappa shape index (κ2) is 7.78. The molecule has 1 aromatic carbocycles. The number of benzene rings is 1. The van der Waals surface area contributed by atoms with E-state index in [0.717, 1.165) is 17.9 Å². The third-order valence-electron chi connectivity index (χ3n) is 3.62. The molecule has 0 amide bonds. The summed E-state index contributed by atoms with van der Waals surface area (Å²) < 4.78 is 5.44. The zero-order valence-corrected chi connectivity index (χ0v) is 14.2. The number of rotatable bonds is 7. The molecule has 0 aliphatic rings. The first kappa shape index (κ1) is 18.0. The van der Waals surface area contributed by atoms with Gasteiger partial charge in [-0.1, -0.05) is 18.2 Å². The van der Waals surface area contributed by atoms with Gasteiger partial charge in [0, 0.05) is 29.7 Å². The van der Waals surface area contributed by atoms with Crippen molar-refractivity contribution in [2.75, 3.05) is 27.3 Å². The van der Waals surface area contributed by atoms with Crippen molar-refractivity contribution < 1.29 is 9.84 Å². The van der Waals surface area contributed by atoms with Crippen LogP contribution in [0, 0.1) is 0 Å². The van der Waals surface area contributed by atoms with Crippen LogP contribution in [-0.4, -0.2) is 48.9 Å². The first-order chi connectivity index (χ1) is 9.78. The molecule has 4 nitrogen and oxygen atoms in total. The summed E-state index contributed by atoms with van der Waals surface area (Å²) in [6.45, 7) is 9.38. The number of nitrogens with zero attached hydrogens (tertiary/aromatic N) is 1. The molecule has 120 valence electrons. The molecule has 2 N–H and O–H groups in total. The Morgan fingerprint density at radius 2 is 1.90 bits per heavy atom. The molecule has 0 heterocycles. The number of ether oxygens (including phenoxy) is 1. The summed E-state index contributed by atoms with van der Waals surface area (Å²) in [5.74, 6) is 0.904. The molecule has 21 heavy (non-hydrogen) atoms. The van der Waals surface area contributed by atoms with Gasteiger partial charge in [0.2, 0.25) is 0 Å². The predicted octanol–water partition coefficient (Wildman–Crippen LogP) is 2.44. The van der Waals surface area contributed by atoms with E-state index in [2.05, 4.69) is 51.0 Å². The van der Waals surface area contributed by atoms with E-state index < -0.39 is 0 Å². The molecular weight excluding hydrogens is 264 g/mol. The van der Waals surface area contributed by atoms with Gasteiger partial charge < -0.3 is 15.2 Å². The second-order valence-electron chi connectivity index (χ2n) is 6.63. The lowest BCUT2D eigenvalue weighted by atomic mass is 10.0. The van der Waals surface area contributed by atoms with Crippen LogP contribution in [0.5, 0.6) is 5.75 Å². The Bertz CT molecular complexity index is 429. The standard InChI is InChI=1S/C17H30N2O2/c1-13(15-9-7-8-10-16(15)21-6)19(5)11-14(12-20)18-17(2,3)4/h7-10,13-14,18,20H,11-12H2,1-6H3/t13-,14+/m0/s1. The fraction of sp³-hybridized carbons (Fsp3) is 0.647. The van der Waals surface area contributed by atoms with Gasteiger partial charge in [0.15, 0.2) is 0 Å². The van der Waals surface area contributed by atoms with E-state index in [-0.39, 0.29) is 24.2 Å². The Hall–Kier alpha value is -1.10. The molecule has 0 saturated carbocycles. The van der Waals surface area contributed by atoms with Crippen molar-refractivity contribution >= 4 is 0 Å². The fourth-order valence-corrected chi connectivity index (χ4v) is 2.52. The molecule has 0 aromatic heterocycles. The molecule has 0 aliphatic heterocycles. The number of nitrogens with one attached hydrogen (secondary N) is 1. The number of hydrogen-bond acceptors (Lipinski definition) is 4. The van der Waals surface area contributed by atoms with Crippen LogP contribution in [0.2, 0.25) is 0 Å². The fourth-order valence-electron chi connectivity index (χ4n) is 2.52. The van der Waals surface area contributed by atoms with Gasteiger partial charge in [0.05, 0.1) is 13.7 Å². The number of likely N-dealkylation sites (N-methyl/N-ethyl adjacent to an activating group) is 1. The quantitative estimate of drug-likeness (QED) is 0.811. The molecule has 0 saturated heterocycles. The van der Waals surface area contributed by atoms with Gasteiger partial charge in [-0.2, -0.15) is 0 Å². The Morgan fingerprint density at radius 1 is 1.29 bits per heavy atom. The van der Waals surface area contributed by atoms with Gasteiger partial charge in [0.1, 0.15) is 5.75 Å². The summed E-state index contributed by atoms with van der Waals surface area (Å²) in [6.07, 6.45) is 0. The molecule has 2 atom stereocenters. The smallest absolute Gasteiger partial charge is 0.123 e. The van der Waals surface area contributed by atoms with Crippen LogP contribution in [-0.2, 0) is 0 Å². The van der Waals surface area contributed by atoms with Gasteiger partial charge in [0.25, 0.3) is 0 Å². The van der Waals surface area contributed by atoms with Crippen molar-refractivity contribution in [1.82, 2.24) is 10.2 Å². The second-order valence-corrected chi connectivity index (χ2v) is 6.63. The minimum Gasteiger partial charge on any atom is -0.496 e. The van der Waals surface area contributed by atoms with Crippen molar-refractivity contribution in [3.05, 3.63) is 29.8 Å². The van der Waals surface area contributed by atoms with Crippen molar-refractivity contribution in [2.24, 2.45) is 0 Å². The lowest BCUT2D eigenvalue weighted by Crippen LogP contribution is -2.50. The Morgan fingerprint density at radius 3 is 2.43 bits per heavy atom. The zero-order chi connectivity index (χ0) is 16.0. The van der Waals surface area contributed by atoms with Gasteiger partial charge in [-0.25, -0.2) is 0 Å². The van der Waals surface area contributed by atoms with Crippen molar-refractivity contribution in [3.63, 3.8) is 0 Å². The Kier molecular flexibility index (Phi) is 6.65. The number of hydrogen-bond donors (Lipinski definition) is 2. The number of para-hydroxylation sites is 1. The van der Waals surface area contributed by atoms with Gasteiger partial charge in [-0.15, -0.1) is 0 Å². The molecule has 0 bridgehead atoms. The average Bonchev–Trinajstić information content (AvgIpc) is 2.44. The summed E-state index contributed by atoms with van der Waals surface area (Å²) in [4.78, 5) is 2.23. The zero-order valence-electron chi connectivity index (χ0n) is 14.2. The van der Waals surface area contributed by atoms with E-state index in [4.69, 9.17) is 4.74 Å². The SMILES string of the molecule is COc1ccccc1[C@H](C)N(C)C[C@H](CO)NC(C)(C)C. The summed E-state index contributed by atoms with van der Waals surface area (Å²) >= 11 is 0. The highest BCUT2D eigenvalue weighted by molar-refractivity contribution is 5.35. The van der Waals surface area contributed by atoms with Crippen molar-refractivity contribution in [2.45, 2.75) is 45.3 Å². The monoisotopic (exact) mass is 294 g/mol. The highest BCUT2D eigenvalue weighted by Crippen LogP contribution is 2.28. The number of methoxy groups -OCH3 is 1. The molecule has 0 spiro atoms. The van der Waals surface area contributed by atoms with E-state index in [1.807, 2.05) is 18.2 Å². The first-order valence-electron chi connectivity index (χ1n) is 7.50. The van der Waals surface area contributed by atoms with Gasteiger partial charge in [-0.3, -0.25) is 4.90 Å². The highest BCUT2D eigenvalue weighted by Gasteiger charge is 2.22. The van der Waals surface area contributed by atoms with Crippen LogP contribution in [0.4, 0.5) is 0 Å². The summed E-state index contributed by atoms with van der Waals surface area (Å²) in [7, 11) is 3.77. The van der Waals surface area contributed by atoms with E-state index in [1.165, 1.54) is 0 Å². The van der Waals surface area contributed by atoms with E-state index in [1.54, 1.807) is 7.11 Å². The van der Waals surface area contributed by atoms with E-state index >= 15 is 0 Å². The van der Waals surface area contributed by atoms with Crippen LogP contribution in [0.15, 0.2) is 24.3 Å². The maximum absolute atomic E-state index is 9.58. The maximum Gasteiger partial charge on any atom is 0.123 e. The third-order valence-corrected chi connectivity index (χ3v) is 3.62. The maximum atomic E-state index is 9.58. The van der Waals surface area contributed by atoms with Crippen LogP contribution in [0.3, 0.4) is 0 Å². The summed E-state index contributed by atoms with van der Waals surface area (Å²) in [5.41, 5.74) is 1.15. The van der Waals surface area contributed by atoms with Gasteiger partial charge >= 0.3 is 0 Å². The Balaban J connectivity index is 2.75. The molecule has 0 fully saturated rings. The minimum absolute atomic E-state index is 0.0120. The van der Waals surface area contributed by atoms with Crippen LogP contribution in [0.25, 0.3) is 0 Å². The molecule has 4 heteroatoms. The minimum atomic E-state index is -0.0120. The third kappa shape index (κ3) is 5.65. The largest absolute Gasteiger partial charge is 0.496 e. The molecule has 1 rings (SSSR count). The van der Waals surface area contributed by atoms with Crippen molar-refractivity contribution in [3.8, 4) is 5.75 Å². The topological polar surface area (TPSA) is 44.7 Å². The highest BCUT2D eigenvalue weighted by atomic mass is 16.5. The lowest BCUT2D eigenvalue weighted by Gasteiger charge is -2.33. The first-order valence-corrected chi connectivity index (χ1v) is 7.50. The molecule has 0 unspecified atom stereocenters. The number of aliphatic hydroxyl groups is 1. The predicted molar refractivity (Wildman–Crippen MR) is 87.8 cm³/mol.